The van der Waals surface area contributed by atoms with Crippen molar-refractivity contribution in [2.24, 2.45) is 0 Å². The molecule has 1 aromatic carbocycles. The third kappa shape index (κ3) is 2.88. The predicted octanol–water partition coefficient (Wildman–Crippen LogP) is 4.83. The van der Waals surface area contributed by atoms with E-state index in [1.54, 1.807) is 0 Å². The molecule has 0 saturated heterocycles. The third-order valence-corrected chi connectivity index (χ3v) is 5.32. The zero-order valence-corrected chi connectivity index (χ0v) is 13.6. The fourth-order valence-corrected chi connectivity index (χ4v) is 4.08. The molecule has 1 saturated carbocycles. The lowest BCUT2D eigenvalue weighted by atomic mass is 9.83. The first kappa shape index (κ1) is 15.1. The van der Waals surface area contributed by atoms with Crippen LogP contribution in [0.3, 0.4) is 0 Å². The number of thiophene rings is 1. The number of carbonyl (C=O) groups excluding carboxylic acids is 1. The molecule has 2 N–H and O–H groups in total. The standard InChI is InChI=1S/C18H21NO2S/c1-21-18(20)16-15(11-22-17(16)19)14-9-7-13(8-10-14)12-5-3-2-4-6-12/h7-12H,2-6,19H2,1H3. The number of anilines is 1. The summed E-state index contributed by atoms with van der Waals surface area (Å²) < 4.78 is 4.84. The lowest BCUT2D eigenvalue weighted by Crippen LogP contribution is -2.05. The molecule has 0 unspecified atom stereocenters. The topological polar surface area (TPSA) is 52.3 Å². The Kier molecular flexibility index (Phi) is 4.48. The molecular formula is C18H21NO2S. The Morgan fingerprint density at radius 1 is 1.18 bits per heavy atom. The van der Waals surface area contributed by atoms with E-state index >= 15 is 0 Å². The number of rotatable bonds is 3. The van der Waals surface area contributed by atoms with E-state index in [0.29, 0.717) is 16.5 Å². The van der Waals surface area contributed by atoms with Crippen LogP contribution in [0.5, 0.6) is 0 Å². The highest BCUT2D eigenvalue weighted by atomic mass is 32.1. The molecule has 0 amide bonds. The van der Waals surface area contributed by atoms with Crippen molar-refractivity contribution in [3.05, 3.63) is 40.8 Å². The van der Waals surface area contributed by atoms with Crippen LogP contribution in [0, 0.1) is 0 Å². The summed E-state index contributed by atoms with van der Waals surface area (Å²) in [6.07, 6.45) is 6.61. The minimum Gasteiger partial charge on any atom is -0.465 e. The molecule has 3 nitrogen and oxygen atoms in total. The first-order valence-electron chi connectivity index (χ1n) is 7.76. The maximum Gasteiger partial charge on any atom is 0.341 e. The molecule has 1 fully saturated rings. The second kappa shape index (κ2) is 6.53. The summed E-state index contributed by atoms with van der Waals surface area (Å²) in [4.78, 5) is 11.9. The Morgan fingerprint density at radius 2 is 1.86 bits per heavy atom. The highest BCUT2D eigenvalue weighted by molar-refractivity contribution is 7.14. The first-order valence-corrected chi connectivity index (χ1v) is 8.64. The number of esters is 1. The van der Waals surface area contributed by atoms with Crippen molar-refractivity contribution in [2.45, 2.75) is 38.0 Å². The van der Waals surface area contributed by atoms with Gasteiger partial charge in [-0.25, -0.2) is 4.79 Å². The summed E-state index contributed by atoms with van der Waals surface area (Å²) in [5.41, 5.74) is 9.70. The van der Waals surface area contributed by atoms with E-state index in [-0.39, 0.29) is 5.97 Å². The average Bonchev–Trinajstić information content (AvgIpc) is 2.97. The summed E-state index contributed by atoms with van der Waals surface area (Å²) >= 11 is 1.38. The molecule has 1 aliphatic rings. The van der Waals surface area contributed by atoms with Crippen LogP contribution < -0.4 is 5.73 Å². The normalized spacial score (nSPS) is 15.7. The Balaban J connectivity index is 1.88. The van der Waals surface area contributed by atoms with Crippen LogP contribution in [0.15, 0.2) is 29.6 Å². The van der Waals surface area contributed by atoms with E-state index in [1.165, 1.54) is 56.1 Å². The van der Waals surface area contributed by atoms with E-state index in [2.05, 4.69) is 24.3 Å². The monoisotopic (exact) mass is 315 g/mol. The lowest BCUT2D eigenvalue weighted by molar-refractivity contribution is 0.0603. The second-order valence-electron chi connectivity index (χ2n) is 5.84. The quantitative estimate of drug-likeness (QED) is 0.825. The number of carbonyl (C=O) groups is 1. The van der Waals surface area contributed by atoms with Crippen molar-refractivity contribution in [3.8, 4) is 11.1 Å². The van der Waals surface area contributed by atoms with Crippen LogP contribution >= 0.6 is 11.3 Å². The van der Waals surface area contributed by atoms with Crippen molar-refractivity contribution in [1.82, 2.24) is 0 Å². The van der Waals surface area contributed by atoms with Gasteiger partial charge in [-0.05, 0) is 29.9 Å². The van der Waals surface area contributed by atoms with Crippen molar-refractivity contribution in [3.63, 3.8) is 0 Å². The van der Waals surface area contributed by atoms with Gasteiger partial charge in [0.05, 0.1) is 7.11 Å². The van der Waals surface area contributed by atoms with Gasteiger partial charge in [-0.3, -0.25) is 0 Å². The molecule has 1 aliphatic carbocycles. The van der Waals surface area contributed by atoms with Crippen molar-refractivity contribution in [2.75, 3.05) is 12.8 Å². The van der Waals surface area contributed by atoms with Crippen molar-refractivity contribution < 1.29 is 9.53 Å². The molecule has 116 valence electrons. The summed E-state index contributed by atoms with van der Waals surface area (Å²) in [5, 5.41) is 2.44. The minimum atomic E-state index is -0.370. The summed E-state index contributed by atoms with van der Waals surface area (Å²) in [5.74, 6) is 0.320. The number of nitrogen functional groups attached to an aromatic ring is 1. The van der Waals surface area contributed by atoms with Crippen molar-refractivity contribution in [1.29, 1.82) is 0 Å². The van der Waals surface area contributed by atoms with Gasteiger partial charge >= 0.3 is 5.97 Å². The first-order chi connectivity index (χ1) is 10.7. The van der Waals surface area contributed by atoms with Gasteiger partial charge in [0.15, 0.2) is 0 Å². The fourth-order valence-electron chi connectivity index (χ4n) is 3.27. The largest absolute Gasteiger partial charge is 0.465 e. The number of hydrogen-bond donors (Lipinski definition) is 1. The SMILES string of the molecule is COC(=O)c1c(-c2ccc(C3CCCCC3)cc2)csc1N. The molecule has 22 heavy (non-hydrogen) atoms. The Labute approximate surface area is 135 Å². The van der Waals surface area contributed by atoms with Gasteiger partial charge in [0, 0.05) is 10.9 Å². The number of hydrogen-bond acceptors (Lipinski definition) is 4. The Hall–Kier alpha value is -1.81. The van der Waals surface area contributed by atoms with Crippen LogP contribution in [-0.4, -0.2) is 13.1 Å². The molecule has 3 rings (SSSR count). The highest BCUT2D eigenvalue weighted by Crippen LogP contribution is 2.36. The van der Waals surface area contributed by atoms with E-state index in [1.807, 2.05) is 5.38 Å². The molecule has 4 heteroatoms. The van der Waals surface area contributed by atoms with Gasteiger partial charge in [-0.15, -0.1) is 11.3 Å². The van der Waals surface area contributed by atoms with Crippen LogP contribution in [0.2, 0.25) is 0 Å². The average molecular weight is 315 g/mol. The molecule has 0 spiro atoms. The molecular weight excluding hydrogens is 294 g/mol. The maximum atomic E-state index is 11.9. The highest BCUT2D eigenvalue weighted by Gasteiger charge is 2.20. The van der Waals surface area contributed by atoms with E-state index in [0.717, 1.165) is 11.1 Å². The molecule has 0 bridgehead atoms. The maximum absolute atomic E-state index is 11.9. The zero-order chi connectivity index (χ0) is 15.5. The summed E-state index contributed by atoms with van der Waals surface area (Å²) in [6, 6.07) is 8.58. The van der Waals surface area contributed by atoms with Crippen LogP contribution in [0.1, 0.15) is 53.9 Å². The predicted molar refractivity (Wildman–Crippen MR) is 91.3 cm³/mol. The lowest BCUT2D eigenvalue weighted by Gasteiger charge is -2.22. The molecule has 0 radical (unpaired) electrons. The molecule has 2 aromatic rings. The van der Waals surface area contributed by atoms with Gasteiger partial charge in [-0.1, -0.05) is 43.5 Å². The zero-order valence-electron chi connectivity index (χ0n) is 12.8. The van der Waals surface area contributed by atoms with Crippen molar-refractivity contribution >= 4 is 22.3 Å². The van der Waals surface area contributed by atoms with Crippen LogP contribution in [0.4, 0.5) is 5.00 Å². The number of methoxy groups -OCH3 is 1. The molecule has 0 aliphatic heterocycles. The number of benzene rings is 1. The minimum absolute atomic E-state index is 0.370. The summed E-state index contributed by atoms with van der Waals surface area (Å²) in [6.45, 7) is 0. The fraction of sp³-hybridized carbons (Fsp3) is 0.389. The van der Waals surface area contributed by atoms with E-state index in [9.17, 15) is 4.79 Å². The molecule has 0 atom stereocenters. The second-order valence-corrected chi connectivity index (χ2v) is 6.75. The Bertz CT molecular complexity index is 654. The third-order valence-electron chi connectivity index (χ3n) is 4.51. The van der Waals surface area contributed by atoms with Crippen LogP contribution in [-0.2, 0) is 4.74 Å². The van der Waals surface area contributed by atoms with Gasteiger partial charge in [0.1, 0.15) is 10.6 Å². The van der Waals surface area contributed by atoms with Gasteiger partial charge in [0.25, 0.3) is 0 Å². The van der Waals surface area contributed by atoms with Gasteiger partial charge in [0.2, 0.25) is 0 Å². The number of nitrogens with two attached hydrogens (primary N) is 1. The van der Waals surface area contributed by atoms with Crippen LogP contribution in [0.25, 0.3) is 11.1 Å². The number of ether oxygens (including phenoxy) is 1. The van der Waals surface area contributed by atoms with E-state index in [4.69, 9.17) is 10.5 Å². The molecule has 1 heterocycles. The Morgan fingerprint density at radius 3 is 2.50 bits per heavy atom. The van der Waals surface area contributed by atoms with E-state index < -0.39 is 0 Å². The summed E-state index contributed by atoms with van der Waals surface area (Å²) in [7, 11) is 1.38. The van der Waals surface area contributed by atoms with Gasteiger partial charge in [-0.2, -0.15) is 0 Å². The van der Waals surface area contributed by atoms with Gasteiger partial charge < -0.3 is 10.5 Å². The smallest absolute Gasteiger partial charge is 0.341 e. The molecule has 1 aromatic heterocycles.